The molecule has 0 aromatic carbocycles. The van der Waals surface area contributed by atoms with Gasteiger partial charge >= 0.3 is 0 Å². The van der Waals surface area contributed by atoms with E-state index in [4.69, 9.17) is 4.74 Å². The average Bonchev–Trinajstić information content (AvgIpc) is 3.44. The van der Waals surface area contributed by atoms with Gasteiger partial charge in [0.1, 0.15) is 16.7 Å². The Morgan fingerprint density at radius 3 is 2.90 bits per heavy atom. The number of nitrogens with one attached hydrogen (secondary N) is 1. The average molecular weight is 411 g/mol. The highest BCUT2D eigenvalue weighted by Crippen LogP contribution is 2.29. The third-order valence-electron chi connectivity index (χ3n) is 5.43. The molecule has 0 saturated carbocycles. The topological polar surface area (TPSA) is 99.2 Å². The minimum atomic E-state index is -0.109. The van der Waals surface area contributed by atoms with E-state index in [9.17, 15) is 9.59 Å². The second kappa shape index (κ2) is 7.69. The first-order valence-corrected chi connectivity index (χ1v) is 9.71. The number of carbonyl (C=O) groups is 1. The molecule has 1 amide bonds. The highest BCUT2D eigenvalue weighted by Gasteiger charge is 2.26. The fourth-order valence-electron chi connectivity index (χ4n) is 3.96. The van der Waals surface area contributed by atoms with Crippen LogP contribution in [0, 0.1) is 5.92 Å². The molecule has 1 unspecified atom stereocenters. The molecular weight excluding hydrogens is 386 g/mol. The lowest BCUT2D eigenvalue weighted by molar-refractivity contribution is -0.125. The molecule has 1 fully saturated rings. The molecule has 0 aliphatic carbocycles. The molecule has 4 heterocycles. The number of imidazole rings is 1. The monoisotopic (exact) mass is 411 g/mol. The number of aromatic nitrogens is 5. The summed E-state index contributed by atoms with van der Waals surface area (Å²) < 4.78 is 10.4. The number of nitrogens with zero attached hydrogens (tertiary/aromatic N) is 6. The molecule has 158 valence electrons. The van der Waals surface area contributed by atoms with E-state index >= 15 is 0 Å². The zero-order valence-electron chi connectivity index (χ0n) is 17.3. The summed E-state index contributed by atoms with van der Waals surface area (Å²) >= 11 is 0. The molecule has 0 bridgehead atoms. The minimum absolute atomic E-state index is 0.0713. The zero-order chi connectivity index (χ0) is 21.4. The maximum absolute atomic E-state index is 13.1. The molecule has 10 nitrogen and oxygen atoms in total. The van der Waals surface area contributed by atoms with Crippen molar-refractivity contribution in [2.45, 2.75) is 13.0 Å². The Labute approximate surface area is 173 Å². The van der Waals surface area contributed by atoms with Crippen LogP contribution in [0.1, 0.15) is 6.42 Å². The van der Waals surface area contributed by atoms with Crippen molar-refractivity contribution in [1.82, 2.24) is 28.8 Å². The van der Waals surface area contributed by atoms with E-state index in [2.05, 4.69) is 22.0 Å². The summed E-state index contributed by atoms with van der Waals surface area (Å²) in [4.78, 5) is 31.2. The van der Waals surface area contributed by atoms with Gasteiger partial charge in [-0.05, 0) is 18.4 Å². The third kappa shape index (κ3) is 3.44. The maximum Gasteiger partial charge on any atom is 0.276 e. The molecule has 0 radical (unpaired) electrons. The van der Waals surface area contributed by atoms with Crippen molar-refractivity contribution in [1.29, 1.82) is 0 Å². The fraction of sp³-hybridized carbons (Fsp3) is 0.400. The van der Waals surface area contributed by atoms with Crippen molar-refractivity contribution in [3.8, 4) is 5.88 Å². The quantitative estimate of drug-likeness (QED) is 0.613. The summed E-state index contributed by atoms with van der Waals surface area (Å²) in [6.45, 7) is 5.35. The van der Waals surface area contributed by atoms with Crippen LogP contribution in [0.15, 0.2) is 36.2 Å². The summed E-state index contributed by atoms with van der Waals surface area (Å²) in [7, 11) is 5.16. The number of likely N-dealkylation sites (tertiary alicyclic amines) is 1. The molecule has 3 aromatic heterocycles. The Kier molecular flexibility index (Phi) is 5.06. The molecule has 3 aromatic rings. The van der Waals surface area contributed by atoms with Gasteiger partial charge in [-0.25, -0.2) is 4.98 Å². The fourth-order valence-corrected chi connectivity index (χ4v) is 3.96. The van der Waals surface area contributed by atoms with Crippen LogP contribution in [0.2, 0.25) is 0 Å². The van der Waals surface area contributed by atoms with E-state index in [1.54, 1.807) is 58.6 Å². The predicted molar refractivity (Wildman–Crippen MR) is 113 cm³/mol. The molecule has 30 heavy (non-hydrogen) atoms. The van der Waals surface area contributed by atoms with Crippen molar-refractivity contribution >= 4 is 28.3 Å². The van der Waals surface area contributed by atoms with Gasteiger partial charge < -0.3 is 24.1 Å². The first-order chi connectivity index (χ1) is 14.4. The number of anilines is 2. The first-order valence-electron chi connectivity index (χ1n) is 9.71. The van der Waals surface area contributed by atoms with Crippen LogP contribution in [0.4, 0.5) is 11.4 Å². The maximum atomic E-state index is 13.1. The summed E-state index contributed by atoms with van der Waals surface area (Å²) in [5, 5.41) is 7.57. The minimum Gasteiger partial charge on any atom is -0.478 e. The standard InChI is InChI=1S/C20H25N7O3/c1-5-16(28)26-7-6-13(8-26)9-27-11-14(17-18(20(27)29)24(2)12-21-17)22-15-10-25(3)23-19(15)30-4/h5,10-13,22H,1,6-9H2,2-4H3. The van der Waals surface area contributed by atoms with Crippen LogP contribution in [0.25, 0.3) is 11.0 Å². The van der Waals surface area contributed by atoms with Crippen LogP contribution in [0.3, 0.4) is 0 Å². The van der Waals surface area contributed by atoms with Gasteiger partial charge in [0.05, 0.1) is 25.3 Å². The number of aryl methyl sites for hydroxylation is 2. The molecule has 10 heteroatoms. The second-order valence-electron chi connectivity index (χ2n) is 7.55. The number of hydrogen-bond donors (Lipinski definition) is 1. The van der Waals surface area contributed by atoms with Gasteiger partial charge in [0.2, 0.25) is 5.91 Å². The number of rotatable bonds is 6. The first kappa shape index (κ1) is 19.7. The number of amides is 1. The summed E-state index contributed by atoms with van der Waals surface area (Å²) in [6, 6.07) is 0. The van der Waals surface area contributed by atoms with Crippen LogP contribution in [-0.4, -0.2) is 54.9 Å². The van der Waals surface area contributed by atoms with Crippen molar-refractivity contribution in [2.24, 2.45) is 20.0 Å². The molecule has 1 saturated heterocycles. The Balaban J connectivity index is 1.70. The van der Waals surface area contributed by atoms with E-state index in [1.165, 1.54) is 6.08 Å². The molecule has 1 N–H and O–H groups in total. The lowest BCUT2D eigenvalue weighted by Gasteiger charge is -2.16. The normalized spacial score (nSPS) is 16.2. The predicted octanol–water partition coefficient (Wildman–Crippen LogP) is 1.26. The van der Waals surface area contributed by atoms with Crippen LogP contribution in [0.5, 0.6) is 5.88 Å². The number of carbonyl (C=O) groups excluding carboxylic acids is 1. The van der Waals surface area contributed by atoms with Crippen LogP contribution in [-0.2, 0) is 25.4 Å². The van der Waals surface area contributed by atoms with Gasteiger partial charge in [0.25, 0.3) is 11.4 Å². The van der Waals surface area contributed by atoms with Crippen molar-refractivity contribution < 1.29 is 9.53 Å². The van der Waals surface area contributed by atoms with Gasteiger partial charge in [-0.1, -0.05) is 6.58 Å². The molecule has 1 aliphatic heterocycles. The lowest BCUT2D eigenvalue weighted by Crippen LogP contribution is -2.29. The van der Waals surface area contributed by atoms with Crippen LogP contribution >= 0.6 is 0 Å². The number of hydrogen-bond acceptors (Lipinski definition) is 6. The highest BCUT2D eigenvalue weighted by atomic mass is 16.5. The zero-order valence-corrected chi connectivity index (χ0v) is 17.3. The SMILES string of the molecule is C=CC(=O)N1CCC(Cn2cc(Nc3cn(C)nc3OC)c3ncn(C)c3c2=O)C1. The smallest absolute Gasteiger partial charge is 0.276 e. The number of fused-ring (bicyclic) bond motifs is 1. The molecule has 4 rings (SSSR count). The summed E-state index contributed by atoms with van der Waals surface area (Å²) in [5.74, 6) is 0.574. The van der Waals surface area contributed by atoms with Crippen LogP contribution < -0.4 is 15.6 Å². The Hall–Kier alpha value is -3.56. The molecule has 1 aliphatic rings. The number of ether oxygens (including phenoxy) is 1. The largest absolute Gasteiger partial charge is 0.478 e. The third-order valence-corrected chi connectivity index (χ3v) is 5.43. The number of pyridine rings is 1. The highest BCUT2D eigenvalue weighted by molar-refractivity contribution is 5.90. The van der Waals surface area contributed by atoms with Crippen molar-refractivity contribution in [3.05, 3.63) is 41.7 Å². The summed E-state index contributed by atoms with van der Waals surface area (Å²) in [6.07, 6.45) is 7.39. The number of methoxy groups -OCH3 is 1. The van der Waals surface area contributed by atoms with Crippen molar-refractivity contribution in [2.75, 3.05) is 25.5 Å². The van der Waals surface area contributed by atoms with E-state index in [1.807, 2.05) is 0 Å². The lowest BCUT2D eigenvalue weighted by atomic mass is 10.1. The van der Waals surface area contributed by atoms with E-state index in [-0.39, 0.29) is 17.4 Å². The Morgan fingerprint density at radius 1 is 1.37 bits per heavy atom. The van der Waals surface area contributed by atoms with E-state index in [0.29, 0.717) is 47.9 Å². The summed E-state index contributed by atoms with van der Waals surface area (Å²) in [5.41, 5.74) is 2.36. The van der Waals surface area contributed by atoms with Gasteiger partial charge in [0.15, 0.2) is 0 Å². The van der Waals surface area contributed by atoms with Gasteiger partial charge in [0, 0.05) is 39.9 Å². The van der Waals surface area contributed by atoms with E-state index in [0.717, 1.165) is 6.42 Å². The molecular formula is C20H25N7O3. The van der Waals surface area contributed by atoms with Gasteiger partial charge in [-0.2, -0.15) is 0 Å². The molecule has 0 spiro atoms. The van der Waals surface area contributed by atoms with Gasteiger partial charge in [-0.15, -0.1) is 5.10 Å². The molecule has 1 atom stereocenters. The Bertz CT molecular complexity index is 1170. The van der Waals surface area contributed by atoms with E-state index < -0.39 is 0 Å². The van der Waals surface area contributed by atoms with Gasteiger partial charge in [-0.3, -0.25) is 14.3 Å². The Morgan fingerprint density at radius 2 is 2.17 bits per heavy atom. The second-order valence-corrected chi connectivity index (χ2v) is 7.55. The van der Waals surface area contributed by atoms with Crippen molar-refractivity contribution in [3.63, 3.8) is 0 Å².